The molecule has 0 fully saturated rings. The zero-order valence-electron chi connectivity index (χ0n) is 10.9. The topological polar surface area (TPSA) is 15.3 Å². The van der Waals surface area contributed by atoms with E-state index in [1.165, 1.54) is 0 Å². The fourth-order valence-corrected chi connectivity index (χ4v) is 1.80. The first-order chi connectivity index (χ1) is 7.02. The van der Waals surface area contributed by atoms with E-state index in [0.29, 0.717) is 12.1 Å². The average molecular weight is 210 g/mol. The summed E-state index contributed by atoms with van der Waals surface area (Å²) in [4.78, 5) is 2.47. The molecule has 15 heavy (non-hydrogen) atoms. The summed E-state index contributed by atoms with van der Waals surface area (Å²) in [5, 5.41) is 3.38. The molecule has 1 unspecified atom stereocenters. The number of nitrogens with zero attached hydrogens (tertiary/aromatic N) is 1. The van der Waals surface area contributed by atoms with Gasteiger partial charge in [0, 0.05) is 25.2 Å². The largest absolute Gasteiger partial charge is 0.302 e. The van der Waals surface area contributed by atoms with Gasteiger partial charge in [-0.15, -0.1) is 6.42 Å². The Balaban J connectivity index is 3.87. The third kappa shape index (κ3) is 5.81. The van der Waals surface area contributed by atoms with Crippen LogP contribution in [-0.2, 0) is 0 Å². The van der Waals surface area contributed by atoms with Crippen molar-refractivity contribution in [3.05, 3.63) is 0 Å². The second-order valence-electron chi connectivity index (χ2n) is 4.51. The second-order valence-corrected chi connectivity index (χ2v) is 4.51. The minimum atomic E-state index is 0.228. The van der Waals surface area contributed by atoms with Gasteiger partial charge in [0.1, 0.15) is 0 Å². The number of rotatable bonds is 7. The lowest BCUT2D eigenvalue weighted by molar-refractivity contribution is 0.175. The third-order valence-electron chi connectivity index (χ3n) is 2.70. The molecule has 2 nitrogen and oxygen atoms in total. The van der Waals surface area contributed by atoms with Gasteiger partial charge in [-0.05, 0) is 34.1 Å². The summed E-state index contributed by atoms with van der Waals surface area (Å²) in [6, 6.07) is 1.42. The molecule has 88 valence electrons. The molecule has 0 amide bonds. The van der Waals surface area contributed by atoms with E-state index < -0.39 is 0 Å². The van der Waals surface area contributed by atoms with Gasteiger partial charge in [0.2, 0.25) is 0 Å². The Bertz CT molecular complexity index is 183. The van der Waals surface area contributed by atoms with Gasteiger partial charge in [0.25, 0.3) is 0 Å². The average Bonchev–Trinajstić information content (AvgIpc) is 2.17. The van der Waals surface area contributed by atoms with E-state index in [1.54, 1.807) is 0 Å². The van der Waals surface area contributed by atoms with Gasteiger partial charge in [-0.1, -0.05) is 12.8 Å². The molecule has 1 N–H and O–H groups in total. The van der Waals surface area contributed by atoms with E-state index in [-0.39, 0.29) is 6.04 Å². The maximum Gasteiger partial charge on any atom is 0.0684 e. The van der Waals surface area contributed by atoms with Crippen LogP contribution < -0.4 is 5.32 Å². The van der Waals surface area contributed by atoms with E-state index in [4.69, 9.17) is 6.42 Å². The van der Waals surface area contributed by atoms with E-state index in [1.807, 2.05) is 0 Å². The standard InChI is InChI=1S/C13H26N2/c1-7-13(8-2)14-9-10-15(11(3)4)12(5)6/h1,11-14H,8-10H2,2-6H3. The molecule has 0 aliphatic carbocycles. The van der Waals surface area contributed by atoms with Crippen molar-refractivity contribution in [1.82, 2.24) is 10.2 Å². The molecule has 0 heterocycles. The van der Waals surface area contributed by atoms with Crippen molar-refractivity contribution in [2.45, 2.75) is 59.2 Å². The number of terminal acetylenes is 1. The summed E-state index contributed by atoms with van der Waals surface area (Å²) in [6.07, 6.45) is 6.39. The lowest BCUT2D eigenvalue weighted by Gasteiger charge is -2.30. The Kier molecular flexibility index (Phi) is 7.46. The highest BCUT2D eigenvalue weighted by atomic mass is 15.2. The molecule has 0 aliphatic heterocycles. The molecular formula is C13H26N2. The fourth-order valence-electron chi connectivity index (χ4n) is 1.80. The number of hydrogen-bond donors (Lipinski definition) is 1. The van der Waals surface area contributed by atoms with Crippen molar-refractivity contribution in [3.8, 4) is 12.3 Å². The summed E-state index contributed by atoms with van der Waals surface area (Å²) in [5.41, 5.74) is 0. The van der Waals surface area contributed by atoms with Crippen molar-refractivity contribution >= 4 is 0 Å². The molecule has 0 aliphatic rings. The molecule has 0 saturated heterocycles. The lowest BCUT2D eigenvalue weighted by atomic mass is 10.2. The highest BCUT2D eigenvalue weighted by Gasteiger charge is 2.12. The molecule has 0 saturated carbocycles. The molecular weight excluding hydrogens is 184 g/mol. The molecule has 0 radical (unpaired) electrons. The molecule has 0 aromatic heterocycles. The Labute approximate surface area is 95.4 Å². The molecule has 0 aromatic rings. The van der Waals surface area contributed by atoms with Crippen molar-refractivity contribution in [2.75, 3.05) is 13.1 Å². The van der Waals surface area contributed by atoms with Gasteiger partial charge < -0.3 is 5.32 Å². The van der Waals surface area contributed by atoms with Crippen LogP contribution in [0.5, 0.6) is 0 Å². The first-order valence-corrected chi connectivity index (χ1v) is 5.98. The quantitative estimate of drug-likeness (QED) is 0.647. The Hall–Kier alpha value is -0.520. The summed E-state index contributed by atoms with van der Waals surface area (Å²) < 4.78 is 0. The molecule has 0 spiro atoms. The number of nitrogens with one attached hydrogen (secondary N) is 1. The normalized spacial score (nSPS) is 13.5. The minimum Gasteiger partial charge on any atom is -0.302 e. The summed E-state index contributed by atoms with van der Waals surface area (Å²) in [6.45, 7) is 13.1. The Morgan fingerprint density at radius 2 is 1.73 bits per heavy atom. The van der Waals surface area contributed by atoms with Crippen LogP contribution in [0.25, 0.3) is 0 Å². The Morgan fingerprint density at radius 1 is 1.20 bits per heavy atom. The van der Waals surface area contributed by atoms with Crippen LogP contribution in [0.15, 0.2) is 0 Å². The van der Waals surface area contributed by atoms with Crippen LogP contribution in [0, 0.1) is 12.3 Å². The zero-order valence-corrected chi connectivity index (χ0v) is 10.9. The van der Waals surface area contributed by atoms with Gasteiger partial charge >= 0.3 is 0 Å². The lowest BCUT2D eigenvalue weighted by Crippen LogP contribution is -2.43. The van der Waals surface area contributed by atoms with E-state index in [9.17, 15) is 0 Å². The van der Waals surface area contributed by atoms with E-state index in [2.05, 4.69) is 50.8 Å². The van der Waals surface area contributed by atoms with Crippen LogP contribution in [0.2, 0.25) is 0 Å². The fraction of sp³-hybridized carbons (Fsp3) is 0.846. The highest BCUT2D eigenvalue weighted by Crippen LogP contribution is 2.03. The monoisotopic (exact) mass is 210 g/mol. The molecule has 0 aromatic carbocycles. The summed E-state index contributed by atoms with van der Waals surface area (Å²) in [7, 11) is 0. The van der Waals surface area contributed by atoms with Crippen molar-refractivity contribution in [2.24, 2.45) is 0 Å². The molecule has 1 atom stereocenters. The van der Waals surface area contributed by atoms with Crippen molar-refractivity contribution in [3.63, 3.8) is 0 Å². The summed E-state index contributed by atoms with van der Waals surface area (Å²) in [5.74, 6) is 2.75. The van der Waals surface area contributed by atoms with Crippen molar-refractivity contribution in [1.29, 1.82) is 0 Å². The smallest absolute Gasteiger partial charge is 0.0684 e. The van der Waals surface area contributed by atoms with E-state index in [0.717, 1.165) is 19.5 Å². The first-order valence-electron chi connectivity index (χ1n) is 5.98. The highest BCUT2D eigenvalue weighted by molar-refractivity contribution is 4.97. The van der Waals surface area contributed by atoms with Crippen LogP contribution in [0.4, 0.5) is 0 Å². The molecule has 0 rings (SSSR count). The maximum atomic E-state index is 5.39. The predicted molar refractivity (Wildman–Crippen MR) is 67.9 cm³/mol. The second kappa shape index (κ2) is 7.73. The van der Waals surface area contributed by atoms with Gasteiger partial charge in [-0.2, -0.15) is 0 Å². The van der Waals surface area contributed by atoms with E-state index >= 15 is 0 Å². The minimum absolute atomic E-state index is 0.228. The SMILES string of the molecule is C#CC(CC)NCCN(C(C)C)C(C)C. The molecule has 0 bridgehead atoms. The first kappa shape index (κ1) is 14.5. The van der Waals surface area contributed by atoms with Crippen molar-refractivity contribution < 1.29 is 0 Å². The number of hydrogen-bond acceptors (Lipinski definition) is 2. The van der Waals surface area contributed by atoms with Gasteiger partial charge in [0.05, 0.1) is 6.04 Å². The van der Waals surface area contributed by atoms with Gasteiger partial charge in [0.15, 0.2) is 0 Å². The van der Waals surface area contributed by atoms with Gasteiger partial charge in [-0.3, -0.25) is 4.90 Å². The zero-order chi connectivity index (χ0) is 11.8. The van der Waals surface area contributed by atoms with Gasteiger partial charge in [-0.25, -0.2) is 0 Å². The van der Waals surface area contributed by atoms with Crippen LogP contribution in [0.1, 0.15) is 41.0 Å². The predicted octanol–water partition coefficient (Wildman–Crippen LogP) is 2.11. The molecule has 2 heteroatoms. The van der Waals surface area contributed by atoms with Crippen LogP contribution >= 0.6 is 0 Å². The maximum absolute atomic E-state index is 5.39. The Morgan fingerprint density at radius 3 is 2.07 bits per heavy atom. The summed E-state index contributed by atoms with van der Waals surface area (Å²) >= 11 is 0. The third-order valence-corrected chi connectivity index (χ3v) is 2.70. The van der Waals surface area contributed by atoms with Crippen LogP contribution in [-0.4, -0.2) is 36.1 Å². The van der Waals surface area contributed by atoms with Crippen LogP contribution in [0.3, 0.4) is 0 Å².